The maximum Gasteiger partial charge on any atom is 0.266 e. The number of carbonyl (C=O) groups is 2. The third-order valence-corrected chi connectivity index (χ3v) is 6.83. The molecule has 0 atom stereocenters. The van der Waals surface area contributed by atoms with Gasteiger partial charge in [0.15, 0.2) is 0 Å². The maximum absolute atomic E-state index is 13.1. The minimum Gasteiger partial charge on any atom is -0.495 e. The Morgan fingerprint density at radius 3 is 2.52 bits per heavy atom. The number of aryl methyl sites for hydroxylation is 1. The Morgan fingerprint density at radius 1 is 1.09 bits per heavy atom. The fraction of sp³-hybridized carbons (Fsp3) is 0.130. The summed E-state index contributed by atoms with van der Waals surface area (Å²) in [6, 6.07) is 14.3. The van der Waals surface area contributed by atoms with Gasteiger partial charge in [-0.25, -0.2) is 4.98 Å². The largest absolute Gasteiger partial charge is 0.495 e. The number of hydrogen-bond acceptors (Lipinski definition) is 6. The topological polar surface area (TPSA) is 102 Å². The number of amides is 2. The van der Waals surface area contributed by atoms with Gasteiger partial charge in [0.2, 0.25) is 5.91 Å². The van der Waals surface area contributed by atoms with Crippen molar-refractivity contribution in [3.63, 3.8) is 0 Å². The van der Waals surface area contributed by atoms with Crippen molar-refractivity contribution in [1.82, 2.24) is 9.55 Å². The van der Waals surface area contributed by atoms with Crippen LogP contribution in [0.3, 0.4) is 0 Å². The van der Waals surface area contributed by atoms with Crippen molar-refractivity contribution in [2.24, 2.45) is 0 Å². The second kappa shape index (κ2) is 9.55. The van der Waals surface area contributed by atoms with Crippen LogP contribution in [-0.2, 0) is 11.3 Å². The summed E-state index contributed by atoms with van der Waals surface area (Å²) in [5.74, 6) is -0.203. The van der Waals surface area contributed by atoms with E-state index < -0.39 is 0 Å². The molecule has 4 rings (SSSR count). The van der Waals surface area contributed by atoms with Crippen molar-refractivity contribution in [2.75, 3.05) is 17.7 Å². The number of methoxy groups -OCH3 is 1. The lowest BCUT2D eigenvalue weighted by Gasteiger charge is -2.09. The van der Waals surface area contributed by atoms with Crippen LogP contribution in [0.4, 0.5) is 11.4 Å². The fourth-order valence-electron chi connectivity index (χ4n) is 3.32. The van der Waals surface area contributed by atoms with E-state index in [4.69, 9.17) is 4.74 Å². The summed E-state index contributed by atoms with van der Waals surface area (Å²) >= 11 is 4.50. The molecule has 2 heterocycles. The molecule has 2 aromatic carbocycles. The number of anilines is 2. The summed E-state index contributed by atoms with van der Waals surface area (Å²) in [6.45, 7) is 1.49. The van der Waals surface area contributed by atoms with E-state index in [9.17, 15) is 14.4 Å². The van der Waals surface area contributed by atoms with E-state index in [0.717, 1.165) is 15.8 Å². The number of carbonyl (C=O) groups excluding carboxylic acids is 2. The molecule has 8 nitrogen and oxygen atoms in total. The van der Waals surface area contributed by atoms with Gasteiger partial charge in [-0.1, -0.05) is 24.3 Å². The lowest BCUT2D eigenvalue weighted by atomic mass is 10.2. The number of benzene rings is 2. The first-order valence-corrected chi connectivity index (χ1v) is 11.5. The van der Waals surface area contributed by atoms with E-state index in [1.54, 1.807) is 43.3 Å². The molecule has 2 aromatic heterocycles. The molecule has 0 aliphatic rings. The fourth-order valence-corrected chi connectivity index (χ4v) is 4.74. The summed E-state index contributed by atoms with van der Waals surface area (Å²) in [4.78, 5) is 43.6. The SMILES string of the molecule is COc1ccccc1NC(=O)c1sc2ncn(CC(=O)Nc3ccccc3Br)c(=O)c2c1C. The molecule has 0 unspecified atom stereocenters. The number of aromatic nitrogens is 2. The molecule has 168 valence electrons. The van der Waals surface area contributed by atoms with Crippen molar-refractivity contribution in [2.45, 2.75) is 13.5 Å². The average molecular weight is 527 g/mol. The van der Waals surface area contributed by atoms with Crippen molar-refractivity contribution < 1.29 is 14.3 Å². The highest BCUT2D eigenvalue weighted by Crippen LogP contribution is 2.29. The minimum absolute atomic E-state index is 0.207. The second-order valence-corrected chi connectivity index (χ2v) is 8.95. The lowest BCUT2D eigenvalue weighted by Crippen LogP contribution is -2.28. The highest BCUT2D eigenvalue weighted by molar-refractivity contribution is 9.10. The number of thiophene rings is 1. The van der Waals surface area contributed by atoms with E-state index in [0.29, 0.717) is 37.8 Å². The van der Waals surface area contributed by atoms with Gasteiger partial charge in [-0.05, 0) is 52.7 Å². The predicted molar refractivity (Wildman–Crippen MR) is 132 cm³/mol. The normalized spacial score (nSPS) is 10.8. The predicted octanol–water partition coefficient (Wildman–Crippen LogP) is 4.43. The van der Waals surface area contributed by atoms with Crippen LogP contribution in [0.1, 0.15) is 15.2 Å². The molecule has 0 radical (unpaired) electrons. The molecule has 0 saturated carbocycles. The van der Waals surface area contributed by atoms with E-state index >= 15 is 0 Å². The van der Waals surface area contributed by atoms with Gasteiger partial charge in [0, 0.05) is 4.47 Å². The third-order valence-electron chi connectivity index (χ3n) is 4.94. The molecular formula is C23H19BrN4O4S. The van der Waals surface area contributed by atoms with Gasteiger partial charge in [-0.3, -0.25) is 19.0 Å². The molecule has 0 bridgehead atoms. The number of halogens is 1. The zero-order valence-electron chi connectivity index (χ0n) is 17.7. The minimum atomic E-state index is -0.382. The monoisotopic (exact) mass is 526 g/mol. The van der Waals surface area contributed by atoms with E-state index in [-0.39, 0.29) is 23.9 Å². The molecule has 10 heteroatoms. The van der Waals surface area contributed by atoms with Gasteiger partial charge in [0.05, 0.1) is 35.1 Å². The number of hydrogen-bond donors (Lipinski definition) is 2. The highest BCUT2D eigenvalue weighted by Gasteiger charge is 2.21. The third kappa shape index (κ3) is 4.67. The summed E-state index contributed by atoms with van der Waals surface area (Å²) < 4.78 is 7.24. The zero-order valence-corrected chi connectivity index (χ0v) is 20.1. The van der Waals surface area contributed by atoms with Crippen LogP contribution >= 0.6 is 27.3 Å². The molecule has 33 heavy (non-hydrogen) atoms. The summed E-state index contributed by atoms with van der Waals surface area (Å²) in [7, 11) is 1.52. The molecule has 0 spiro atoms. The lowest BCUT2D eigenvalue weighted by molar-refractivity contribution is -0.116. The first kappa shape index (κ1) is 22.7. The van der Waals surface area contributed by atoms with E-state index in [1.807, 2.05) is 12.1 Å². The second-order valence-electron chi connectivity index (χ2n) is 7.10. The standard InChI is InChI=1S/C23H19BrN4O4S/c1-13-19-22(33-20(13)21(30)27-16-9-5-6-10-17(16)32-2)25-12-28(23(19)31)11-18(29)26-15-8-4-3-7-14(15)24/h3-10,12H,11H2,1-2H3,(H,26,29)(H,27,30). The van der Waals surface area contributed by atoms with Gasteiger partial charge in [0.1, 0.15) is 17.1 Å². The Bertz CT molecular complexity index is 1430. The van der Waals surface area contributed by atoms with Crippen molar-refractivity contribution >= 4 is 60.7 Å². The van der Waals surface area contributed by atoms with Crippen molar-refractivity contribution in [1.29, 1.82) is 0 Å². The average Bonchev–Trinajstić information content (AvgIpc) is 3.15. The van der Waals surface area contributed by atoms with Crippen LogP contribution < -0.4 is 20.9 Å². The number of para-hydroxylation sites is 3. The van der Waals surface area contributed by atoms with Crippen LogP contribution in [0.25, 0.3) is 10.2 Å². The van der Waals surface area contributed by atoms with Gasteiger partial charge in [-0.2, -0.15) is 0 Å². The first-order valence-electron chi connectivity index (χ1n) is 9.86. The van der Waals surface area contributed by atoms with E-state index in [2.05, 4.69) is 31.5 Å². The summed E-state index contributed by atoms with van der Waals surface area (Å²) in [5.41, 5.74) is 1.26. The van der Waals surface area contributed by atoms with Crippen LogP contribution in [0.2, 0.25) is 0 Å². The number of fused-ring (bicyclic) bond motifs is 1. The molecular weight excluding hydrogens is 508 g/mol. The molecule has 0 saturated heterocycles. The Labute approximate surface area is 201 Å². The van der Waals surface area contributed by atoms with Gasteiger partial charge >= 0.3 is 0 Å². The van der Waals surface area contributed by atoms with Crippen LogP contribution in [0.15, 0.2) is 64.1 Å². The van der Waals surface area contributed by atoms with Crippen LogP contribution in [-0.4, -0.2) is 28.5 Å². The Balaban J connectivity index is 1.60. The summed E-state index contributed by atoms with van der Waals surface area (Å²) in [6.07, 6.45) is 1.32. The van der Waals surface area contributed by atoms with Gasteiger partial charge < -0.3 is 15.4 Å². The van der Waals surface area contributed by atoms with E-state index in [1.165, 1.54) is 18.0 Å². The van der Waals surface area contributed by atoms with Crippen molar-refractivity contribution in [3.8, 4) is 5.75 Å². The van der Waals surface area contributed by atoms with Crippen LogP contribution in [0, 0.1) is 6.92 Å². The number of rotatable bonds is 6. The Morgan fingerprint density at radius 2 is 1.79 bits per heavy atom. The molecule has 2 amide bonds. The summed E-state index contributed by atoms with van der Waals surface area (Å²) in [5, 5.41) is 5.90. The van der Waals surface area contributed by atoms with Gasteiger partial charge in [0.25, 0.3) is 11.5 Å². The van der Waals surface area contributed by atoms with Crippen LogP contribution in [0.5, 0.6) is 5.75 Å². The molecule has 2 N–H and O–H groups in total. The van der Waals surface area contributed by atoms with Gasteiger partial charge in [-0.15, -0.1) is 11.3 Å². The Kier molecular flexibility index (Phi) is 6.57. The first-order chi connectivity index (χ1) is 15.9. The number of nitrogens with one attached hydrogen (secondary N) is 2. The quantitative estimate of drug-likeness (QED) is 0.387. The molecule has 4 aromatic rings. The maximum atomic E-state index is 13.1. The molecule has 0 fully saturated rings. The smallest absolute Gasteiger partial charge is 0.266 e. The zero-order chi connectivity index (χ0) is 23.5. The molecule has 0 aliphatic heterocycles. The van der Waals surface area contributed by atoms with Crippen molar-refractivity contribution in [3.05, 3.63) is 80.1 Å². The molecule has 0 aliphatic carbocycles. The number of nitrogens with zero attached hydrogens (tertiary/aromatic N) is 2. The number of ether oxygens (including phenoxy) is 1. The Hall–Kier alpha value is -3.50. The highest BCUT2D eigenvalue weighted by atomic mass is 79.9.